The van der Waals surface area contributed by atoms with Crippen LogP contribution in [-0.4, -0.2) is 27.1 Å². The number of hydrogen-bond acceptors (Lipinski definition) is 3. The Morgan fingerprint density at radius 2 is 1.62 bits per heavy atom. The van der Waals surface area contributed by atoms with Gasteiger partial charge in [0, 0.05) is 10.2 Å². The van der Waals surface area contributed by atoms with Crippen LogP contribution in [-0.2, 0) is 20.2 Å². The van der Waals surface area contributed by atoms with Crippen molar-refractivity contribution < 1.29 is 13.2 Å². The molecular formula is C25H29BrN2O3S. The highest BCUT2D eigenvalue weighted by atomic mass is 79.9. The average molecular weight is 517 g/mol. The summed E-state index contributed by atoms with van der Waals surface area (Å²) in [5.74, 6) is 2.19. The highest BCUT2D eigenvalue weighted by Gasteiger charge is 2.51. The predicted octanol–water partition coefficient (Wildman–Crippen LogP) is 5.32. The highest BCUT2D eigenvalue weighted by molar-refractivity contribution is 9.10. The largest absolute Gasteiger partial charge is 0.324 e. The fourth-order valence-electron chi connectivity index (χ4n) is 6.74. The standard InChI is InChI=1S/C25H29BrN2O3S/c1-32(30,31)28(16-24(29)27-22-4-2-3-21(26)12-22)23-7-5-20(6-8-23)25-13-17-9-18(14-25)11-19(10-17)15-25/h2-8,12,17-19H,9-11,13-16H2,1H3,(H,27,29). The number of hydrogen-bond donors (Lipinski definition) is 1. The number of nitrogens with one attached hydrogen (secondary N) is 1. The van der Waals surface area contributed by atoms with Crippen LogP contribution in [0.2, 0.25) is 0 Å². The van der Waals surface area contributed by atoms with E-state index in [1.54, 1.807) is 12.1 Å². The van der Waals surface area contributed by atoms with Gasteiger partial charge in [0.1, 0.15) is 6.54 Å². The molecule has 1 N–H and O–H groups in total. The average Bonchev–Trinajstić information content (AvgIpc) is 2.70. The lowest BCUT2D eigenvalue weighted by Crippen LogP contribution is -2.48. The van der Waals surface area contributed by atoms with Crippen molar-refractivity contribution in [3.05, 3.63) is 58.6 Å². The minimum atomic E-state index is -3.61. The molecule has 170 valence electrons. The number of benzene rings is 2. The molecule has 32 heavy (non-hydrogen) atoms. The number of carbonyl (C=O) groups is 1. The van der Waals surface area contributed by atoms with E-state index >= 15 is 0 Å². The zero-order chi connectivity index (χ0) is 22.5. The summed E-state index contributed by atoms with van der Waals surface area (Å²) < 4.78 is 27.1. The summed E-state index contributed by atoms with van der Waals surface area (Å²) in [7, 11) is -3.61. The fraction of sp³-hybridized carbons (Fsp3) is 0.480. The maximum atomic E-state index is 12.6. The maximum absolute atomic E-state index is 12.6. The molecule has 4 aliphatic carbocycles. The van der Waals surface area contributed by atoms with Crippen molar-refractivity contribution in [1.82, 2.24) is 0 Å². The Morgan fingerprint density at radius 3 is 2.16 bits per heavy atom. The zero-order valence-electron chi connectivity index (χ0n) is 18.3. The van der Waals surface area contributed by atoms with E-state index in [4.69, 9.17) is 0 Å². The molecule has 0 heterocycles. The Kier molecular flexibility index (Phi) is 5.61. The van der Waals surface area contributed by atoms with Gasteiger partial charge in [0.2, 0.25) is 15.9 Å². The lowest BCUT2D eigenvalue weighted by molar-refractivity contribution is -0.114. The van der Waals surface area contributed by atoms with Crippen LogP contribution in [0.15, 0.2) is 53.0 Å². The number of anilines is 2. The Morgan fingerprint density at radius 1 is 1.03 bits per heavy atom. The number of carbonyl (C=O) groups excluding carboxylic acids is 1. The van der Waals surface area contributed by atoms with Gasteiger partial charge in [-0.15, -0.1) is 0 Å². The first-order chi connectivity index (χ1) is 15.2. The third-order valence-corrected chi connectivity index (χ3v) is 9.24. The predicted molar refractivity (Wildman–Crippen MR) is 131 cm³/mol. The van der Waals surface area contributed by atoms with Gasteiger partial charge in [-0.2, -0.15) is 0 Å². The van der Waals surface area contributed by atoms with Gasteiger partial charge in [-0.1, -0.05) is 34.1 Å². The van der Waals surface area contributed by atoms with Crippen LogP contribution in [0.4, 0.5) is 11.4 Å². The summed E-state index contributed by atoms with van der Waals surface area (Å²) in [5.41, 5.74) is 2.76. The molecule has 6 rings (SSSR count). The minimum Gasteiger partial charge on any atom is -0.324 e. The molecule has 0 atom stereocenters. The summed E-state index contributed by atoms with van der Waals surface area (Å²) in [4.78, 5) is 12.6. The van der Waals surface area contributed by atoms with Crippen molar-refractivity contribution in [2.75, 3.05) is 22.4 Å². The first-order valence-electron chi connectivity index (χ1n) is 11.3. The molecule has 0 spiro atoms. The summed E-state index contributed by atoms with van der Waals surface area (Å²) in [6.07, 6.45) is 9.13. The molecule has 4 bridgehead atoms. The Labute approximate surface area is 198 Å². The molecule has 0 aliphatic heterocycles. The molecule has 5 nitrogen and oxygen atoms in total. The van der Waals surface area contributed by atoms with E-state index < -0.39 is 10.0 Å². The SMILES string of the molecule is CS(=O)(=O)N(CC(=O)Nc1cccc(Br)c1)c1ccc(C23CC4CC(CC(C4)C2)C3)cc1. The molecule has 0 radical (unpaired) electrons. The molecule has 2 aromatic carbocycles. The van der Waals surface area contributed by atoms with E-state index in [0.29, 0.717) is 11.4 Å². The van der Waals surface area contributed by atoms with Crippen molar-refractivity contribution in [3.8, 4) is 0 Å². The third kappa shape index (κ3) is 4.34. The second-order valence-electron chi connectivity index (χ2n) is 10.1. The van der Waals surface area contributed by atoms with E-state index in [9.17, 15) is 13.2 Å². The van der Waals surface area contributed by atoms with E-state index in [-0.39, 0.29) is 17.9 Å². The maximum Gasteiger partial charge on any atom is 0.245 e. The molecule has 4 fully saturated rings. The van der Waals surface area contributed by atoms with Crippen molar-refractivity contribution in [1.29, 1.82) is 0 Å². The monoisotopic (exact) mass is 516 g/mol. The van der Waals surface area contributed by atoms with Gasteiger partial charge >= 0.3 is 0 Å². The zero-order valence-corrected chi connectivity index (χ0v) is 20.7. The van der Waals surface area contributed by atoms with E-state index in [1.807, 2.05) is 24.3 Å². The summed E-state index contributed by atoms with van der Waals surface area (Å²) >= 11 is 3.38. The van der Waals surface area contributed by atoms with Crippen LogP contribution >= 0.6 is 15.9 Å². The molecule has 7 heteroatoms. The highest BCUT2D eigenvalue weighted by Crippen LogP contribution is 2.60. The molecule has 4 aliphatic rings. The Hall–Kier alpha value is -1.86. The molecule has 0 unspecified atom stereocenters. The number of sulfonamides is 1. The second kappa shape index (κ2) is 8.17. The van der Waals surface area contributed by atoms with E-state index in [2.05, 4.69) is 33.4 Å². The van der Waals surface area contributed by atoms with Gasteiger partial charge in [-0.3, -0.25) is 9.10 Å². The van der Waals surface area contributed by atoms with Gasteiger partial charge < -0.3 is 5.32 Å². The molecule has 1 amide bonds. The molecule has 4 saturated carbocycles. The summed E-state index contributed by atoms with van der Waals surface area (Å²) in [6, 6.07) is 15.2. The van der Waals surface area contributed by atoms with Crippen LogP contribution in [0.5, 0.6) is 0 Å². The van der Waals surface area contributed by atoms with Gasteiger partial charge in [0.25, 0.3) is 0 Å². The number of amides is 1. The molecule has 0 aromatic heterocycles. The van der Waals surface area contributed by atoms with Gasteiger partial charge in [0.05, 0.1) is 11.9 Å². The third-order valence-electron chi connectivity index (χ3n) is 7.60. The first kappa shape index (κ1) is 22.0. The second-order valence-corrected chi connectivity index (χ2v) is 12.9. The summed E-state index contributed by atoms with van der Waals surface area (Å²) in [5, 5.41) is 2.78. The lowest BCUT2D eigenvalue weighted by atomic mass is 9.48. The molecule has 2 aromatic rings. The quantitative estimate of drug-likeness (QED) is 0.564. The van der Waals surface area contributed by atoms with Gasteiger partial charge in [-0.05, 0) is 97.6 Å². The fourth-order valence-corrected chi connectivity index (χ4v) is 8.00. The van der Waals surface area contributed by atoms with Crippen molar-refractivity contribution in [2.24, 2.45) is 17.8 Å². The molecule has 0 saturated heterocycles. The first-order valence-corrected chi connectivity index (χ1v) is 14.0. The minimum absolute atomic E-state index is 0.262. The van der Waals surface area contributed by atoms with E-state index in [0.717, 1.165) is 28.5 Å². The number of halogens is 1. The van der Waals surface area contributed by atoms with E-state index in [1.165, 1.54) is 48.4 Å². The number of nitrogens with zero attached hydrogens (tertiary/aromatic N) is 1. The van der Waals surface area contributed by atoms with Crippen molar-refractivity contribution in [2.45, 2.75) is 43.9 Å². The van der Waals surface area contributed by atoms with Gasteiger partial charge in [-0.25, -0.2) is 8.42 Å². The van der Waals surface area contributed by atoms with Crippen LogP contribution in [0, 0.1) is 17.8 Å². The lowest BCUT2D eigenvalue weighted by Gasteiger charge is -2.57. The Balaban J connectivity index is 1.35. The number of rotatable bonds is 6. The smallest absolute Gasteiger partial charge is 0.245 e. The normalized spacial score (nSPS) is 28.5. The Bertz CT molecular complexity index is 1090. The van der Waals surface area contributed by atoms with Crippen molar-refractivity contribution >= 4 is 43.2 Å². The topological polar surface area (TPSA) is 66.5 Å². The van der Waals surface area contributed by atoms with Crippen LogP contribution < -0.4 is 9.62 Å². The van der Waals surface area contributed by atoms with Crippen LogP contribution in [0.3, 0.4) is 0 Å². The van der Waals surface area contributed by atoms with Crippen LogP contribution in [0.25, 0.3) is 0 Å². The summed E-state index contributed by atoms with van der Waals surface area (Å²) in [6.45, 7) is -0.262. The van der Waals surface area contributed by atoms with Crippen molar-refractivity contribution in [3.63, 3.8) is 0 Å². The molecular weight excluding hydrogens is 488 g/mol. The van der Waals surface area contributed by atoms with Gasteiger partial charge in [0.15, 0.2) is 0 Å². The van der Waals surface area contributed by atoms with Crippen LogP contribution in [0.1, 0.15) is 44.1 Å².